The Kier molecular flexibility index (Phi) is 7.29. The van der Waals surface area contributed by atoms with E-state index in [2.05, 4.69) is 30.1 Å². The molecule has 2 amide bonds. The van der Waals surface area contributed by atoms with Crippen LogP contribution >= 0.6 is 11.6 Å². The summed E-state index contributed by atoms with van der Waals surface area (Å²) in [6, 6.07) is 8.05. The van der Waals surface area contributed by atoms with Gasteiger partial charge in [0, 0.05) is 31.6 Å². The van der Waals surface area contributed by atoms with Crippen molar-refractivity contribution >= 4 is 33.3 Å². The fourth-order valence-electron chi connectivity index (χ4n) is 6.36. The van der Waals surface area contributed by atoms with E-state index in [9.17, 15) is 23.3 Å². The Morgan fingerprint density at radius 2 is 1.82 bits per heavy atom. The number of amides is 2. The van der Waals surface area contributed by atoms with E-state index in [0.29, 0.717) is 24.3 Å². The van der Waals surface area contributed by atoms with Crippen LogP contribution < -0.4 is 5.32 Å². The van der Waals surface area contributed by atoms with Gasteiger partial charge in [0.1, 0.15) is 5.54 Å². The molecule has 1 N–H and O–H groups in total. The molecule has 0 radical (unpaired) electrons. The Morgan fingerprint density at radius 3 is 2.39 bits per heavy atom. The molecule has 1 aromatic carbocycles. The summed E-state index contributed by atoms with van der Waals surface area (Å²) >= 11 is 6.25. The first kappa shape index (κ1) is 27.4. The summed E-state index contributed by atoms with van der Waals surface area (Å²) < 4.78 is 27.2. The number of benzene rings is 1. The van der Waals surface area contributed by atoms with Crippen molar-refractivity contribution in [3.8, 4) is 6.07 Å². The number of carbonyl (C=O) groups excluding carboxylic acids is 2. The quantitative estimate of drug-likeness (QED) is 0.544. The van der Waals surface area contributed by atoms with E-state index in [0.717, 1.165) is 38.6 Å². The Hall–Kier alpha value is -2.15. The van der Waals surface area contributed by atoms with Crippen LogP contribution in [0.25, 0.3) is 0 Å². The van der Waals surface area contributed by atoms with E-state index in [1.54, 1.807) is 23.1 Å². The van der Waals surface area contributed by atoms with Gasteiger partial charge in [-0.25, -0.2) is 8.42 Å². The Labute approximate surface area is 230 Å². The minimum Gasteiger partial charge on any atom is -0.338 e. The molecule has 2 heterocycles. The van der Waals surface area contributed by atoms with Crippen molar-refractivity contribution in [3.05, 3.63) is 29.3 Å². The van der Waals surface area contributed by atoms with Gasteiger partial charge in [-0.05, 0) is 68.9 Å². The number of hydrogen-bond donors (Lipinski definition) is 1. The van der Waals surface area contributed by atoms with Crippen LogP contribution in [0.3, 0.4) is 0 Å². The Morgan fingerprint density at radius 1 is 1.13 bits per heavy atom. The van der Waals surface area contributed by atoms with Crippen LogP contribution in [0.15, 0.2) is 29.2 Å². The highest BCUT2D eigenvalue weighted by Gasteiger charge is 2.50. The van der Waals surface area contributed by atoms with E-state index >= 15 is 0 Å². The summed E-state index contributed by atoms with van der Waals surface area (Å²) in [4.78, 5) is 30.8. The molecule has 3 atom stereocenters. The molecule has 2 saturated heterocycles. The van der Waals surface area contributed by atoms with E-state index in [1.807, 2.05) is 0 Å². The first-order chi connectivity index (χ1) is 17.9. The number of carbonyl (C=O) groups is 2. The van der Waals surface area contributed by atoms with Gasteiger partial charge < -0.3 is 10.2 Å². The molecule has 0 bridgehead atoms. The fourth-order valence-corrected chi connectivity index (χ4v) is 8.61. The van der Waals surface area contributed by atoms with Gasteiger partial charge in [0.05, 0.1) is 27.3 Å². The number of likely N-dealkylation sites (tertiary alicyclic amines) is 2. The number of nitrogens with one attached hydrogen (secondary N) is 1. The third-order valence-electron chi connectivity index (χ3n) is 9.13. The van der Waals surface area contributed by atoms with Crippen LogP contribution in [0.5, 0.6) is 0 Å². The normalized spacial score (nSPS) is 28.8. The average Bonchev–Trinajstić information content (AvgIpc) is 3.48. The lowest BCUT2D eigenvalue weighted by Crippen LogP contribution is -2.61. The van der Waals surface area contributed by atoms with E-state index in [1.165, 1.54) is 6.07 Å². The van der Waals surface area contributed by atoms with Crippen molar-refractivity contribution in [1.82, 2.24) is 15.1 Å². The second kappa shape index (κ2) is 10.1. The molecule has 1 aromatic rings. The topological polar surface area (TPSA) is 111 Å². The summed E-state index contributed by atoms with van der Waals surface area (Å²) in [6.07, 6.45) is 6.48. The highest BCUT2D eigenvalue weighted by atomic mass is 35.5. The zero-order valence-electron chi connectivity index (χ0n) is 22.2. The molecule has 206 valence electrons. The molecule has 0 spiro atoms. The summed E-state index contributed by atoms with van der Waals surface area (Å²) in [6.45, 7) is 5.49. The van der Waals surface area contributed by atoms with Crippen molar-refractivity contribution in [1.29, 1.82) is 5.26 Å². The second-order valence-corrected chi connectivity index (χ2v) is 15.0. The largest absolute Gasteiger partial charge is 0.338 e. The smallest absolute Gasteiger partial charge is 0.240 e. The van der Waals surface area contributed by atoms with Gasteiger partial charge in [0.15, 0.2) is 9.84 Å². The number of halogens is 1. The minimum absolute atomic E-state index is 0.0198. The summed E-state index contributed by atoms with van der Waals surface area (Å²) in [5.74, 6) is -0.403. The minimum atomic E-state index is -3.82. The molecule has 4 aliphatic rings. The highest BCUT2D eigenvalue weighted by Crippen LogP contribution is 2.41. The van der Waals surface area contributed by atoms with Gasteiger partial charge in [-0.3, -0.25) is 14.5 Å². The van der Waals surface area contributed by atoms with Crippen molar-refractivity contribution in [2.45, 2.75) is 105 Å². The van der Waals surface area contributed by atoms with Gasteiger partial charge in [-0.15, -0.1) is 0 Å². The number of hydrogen-bond acceptors (Lipinski definition) is 6. The van der Waals surface area contributed by atoms with E-state index in [4.69, 9.17) is 11.6 Å². The summed E-state index contributed by atoms with van der Waals surface area (Å²) in [7, 11) is -3.82. The van der Waals surface area contributed by atoms with E-state index in [-0.39, 0.29) is 47.2 Å². The standard InChI is InChI=1S/C28H37ClN4O4S/c1-27(2)10-7-19(8-11-27)32-14-9-23(32)26(35)33-17-21(38(36,37)24-6-4-3-5-22(24)29)15-20(33)16-25(34)31-28(18-30)12-13-28/h3-6,19-21,23H,7-17H2,1-2H3,(H,31,34)/t20-,21-,23?/m1/s1. The van der Waals surface area contributed by atoms with Crippen LogP contribution in [-0.4, -0.2) is 72.0 Å². The zero-order chi connectivity index (χ0) is 27.3. The predicted octanol–water partition coefficient (Wildman–Crippen LogP) is 3.69. The number of sulfone groups is 1. The van der Waals surface area contributed by atoms with Gasteiger partial charge in [0.2, 0.25) is 11.8 Å². The first-order valence-corrected chi connectivity index (χ1v) is 15.6. The first-order valence-electron chi connectivity index (χ1n) is 13.7. The maximum Gasteiger partial charge on any atom is 0.240 e. The molecule has 2 aliphatic heterocycles. The molecule has 5 rings (SSSR count). The second-order valence-electron chi connectivity index (χ2n) is 12.4. The van der Waals surface area contributed by atoms with Crippen molar-refractivity contribution in [3.63, 3.8) is 0 Å². The van der Waals surface area contributed by atoms with Crippen molar-refractivity contribution < 1.29 is 18.0 Å². The lowest BCUT2D eigenvalue weighted by atomic mass is 9.74. The van der Waals surface area contributed by atoms with Crippen LogP contribution in [0.4, 0.5) is 0 Å². The fraction of sp³-hybridized carbons (Fsp3) is 0.679. The van der Waals surface area contributed by atoms with Gasteiger partial charge >= 0.3 is 0 Å². The van der Waals surface area contributed by atoms with Crippen LogP contribution in [0, 0.1) is 16.7 Å². The Balaban J connectivity index is 1.34. The van der Waals surface area contributed by atoms with Crippen LogP contribution in [0.1, 0.15) is 71.6 Å². The number of nitrogens with zero attached hydrogens (tertiary/aromatic N) is 3. The maximum absolute atomic E-state index is 13.9. The lowest BCUT2D eigenvalue weighted by Gasteiger charge is -2.49. The lowest BCUT2D eigenvalue weighted by molar-refractivity contribution is -0.146. The third kappa shape index (κ3) is 5.32. The molecule has 2 saturated carbocycles. The highest BCUT2D eigenvalue weighted by molar-refractivity contribution is 7.92. The van der Waals surface area contributed by atoms with Gasteiger partial charge in [0.25, 0.3) is 0 Å². The molecule has 0 aromatic heterocycles. The SMILES string of the molecule is CC1(C)CCC(N2CCC2C(=O)N2C[C@H](S(=O)(=O)c3ccccc3Cl)C[C@@H]2CC(=O)NC2(C#N)CC2)CC1. The molecule has 4 fully saturated rings. The molecule has 10 heteroatoms. The number of nitriles is 1. The molecule has 8 nitrogen and oxygen atoms in total. The van der Waals surface area contributed by atoms with Crippen LogP contribution in [0.2, 0.25) is 5.02 Å². The predicted molar refractivity (Wildman–Crippen MR) is 144 cm³/mol. The molecular formula is C28H37ClN4O4S. The summed E-state index contributed by atoms with van der Waals surface area (Å²) in [5, 5.41) is 11.5. The summed E-state index contributed by atoms with van der Waals surface area (Å²) in [5.41, 5.74) is -0.482. The van der Waals surface area contributed by atoms with Gasteiger partial charge in [-0.2, -0.15) is 5.26 Å². The van der Waals surface area contributed by atoms with Crippen molar-refractivity contribution in [2.24, 2.45) is 5.41 Å². The molecular weight excluding hydrogens is 524 g/mol. The maximum atomic E-state index is 13.9. The van der Waals surface area contributed by atoms with Gasteiger partial charge in [-0.1, -0.05) is 37.6 Å². The van der Waals surface area contributed by atoms with E-state index < -0.39 is 26.7 Å². The zero-order valence-corrected chi connectivity index (χ0v) is 23.7. The molecule has 38 heavy (non-hydrogen) atoms. The van der Waals surface area contributed by atoms with Crippen molar-refractivity contribution in [2.75, 3.05) is 13.1 Å². The average molecular weight is 561 g/mol. The molecule has 2 aliphatic carbocycles. The monoisotopic (exact) mass is 560 g/mol. The number of rotatable bonds is 7. The van der Waals surface area contributed by atoms with Crippen LogP contribution in [-0.2, 0) is 19.4 Å². The molecule has 1 unspecified atom stereocenters. The third-order valence-corrected chi connectivity index (χ3v) is 11.8. The Bertz CT molecular complexity index is 1250.